The van der Waals surface area contributed by atoms with Crippen LogP contribution < -0.4 is 10.6 Å². The highest BCUT2D eigenvalue weighted by Gasteiger charge is 2.08. The molecule has 0 aromatic heterocycles. The maximum Gasteiger partial charge on any atom is 0.338 e. The molecule has 0 aliphatic carbocycles. The van der Waals surface area contributed by atoms with Crippen LogP contribution in [0.3, 0.4) is 0 Å². The Labute approximate surface area is 121 Å². The molecule has 0 bridgehead atoms. The summed E-state index contributed by atoms with van der Waals surface area (Å²) in [5.41, 5.74) is 2.77. The molecule has 1 aromatic rings. The first-order valence-corrected chi connectivity index (χ1v) is 7.41. The Morgan fingerprint density at radius 2 is 2.05 bits per heavy atom. The van der Waals surface area contributed by atoms with Crippen molar-refractivity contribution in [2.45, 2.75) is 33.6 Å². The molecule has 0 saturated heterocycles. The number of carbonyl (C=O) groups is 1. The number of rotatable bonds is 9. The predicted octanol–water partition coefficient (Wildman–Crippen LogP) is 2.97. The van der Waals surface area contributed by atoms with Crippen LogP contribution in [0.1, 0.15) is 42.6 Å². The Hall–Kier alpha value is -1.55. The zero-order valence-corrected chi connectivity index (χ0v) is 12.8. The summed E-state index contributed by atoms with van der Waals surface area (Å²) in [6.07, 6.45) is 2.32. The van der Waals surface area contributed by atoms with Gasteiger partial charge in [0.25, 0.3) is 0 Å². The van der Waals surface area contributed by atoms with Crippen molar-refractivity contribution in [2.24, 2.45) is 0 Å². The van der Waals surface area contributed by atoms with Gasteiger partial charge in [0.1, 0.15) is 6.61 Å². The third kappa shape index (κ3) is 5.61. The molecule has 2 N–H and O–H groups in total. The molecule has 112 valence electrons. The van der Waals surface area contributed by atoms with Crippen molar-refractivity contribution in [3.05, 3.63) is 29.3 Å². The fourth-order valence-electron chi connectivity index (χ4n) is 1.86. The summed E-state index contributed by atoms with van der Waals surface area (Å²) in [4.78, 5) is 11.9. The molecule has 20 heavy (non-hydrogen) atoms. The smallest absolute Gasteiger partial charge is 0.338 e. The Morgan fingerprint density at radius 1 is 1.25 bits per heavy atom. The molecule has 0 radical (unpaired) electrons. The minimum Gasteiger partial charge on any atom is -0.461 e. The SMILES string of the molecule is CCCCNc1ccc(C(=O)OCCNCC)cc1C. The van der Waals surface area contributed by atoms with E-state index in [-0.39, 0.29) is 5.97 Å². The fraction of sp³-hybridized carbons (Fsp3) is 0.562. The summed E-state index contributed by atoms with van der Waals surface area (Å²) >= 11 is 0. The van der Waals surface area contributed by atoms with Gasteiger partial charge in [0.2, 0.25) is 0 Å². The van der Waals surface area contributed by atoms with E-state index in [4.69, 9.17) is 4.74 Å². The number of benzene rings is 1. The molecule has 0 heterocycles. The van der Waals surface area contributed by atoms with Crippen LogP contribution in [-0.4, -0.2) is 32.2 Å². The number of nitrogens with one attached hydrogen (secondary N) is 2. The molecule has 0 fully saturated rings. The lowest BCUT2D eigenvalue weighted by Crippen LogP contribution is -2.21. The zero-order valence-electron chi connectivity index (χ0n) is 12.8. The number of hydrogen-bond acceptors (Lipinski definition) is 4. The fourth-order valence-corrected chi connectivity index (χ4v) is 1.86. The monoisotopic (exact) mass is 278 g/mol. The zero-order chi connectivity index (χ0) is 14.8. The van der Waals surface area contributed by atoms with Crippen molar-refractivity contribution in [3.8, 4) is 0 Å². The molecule has 4 heteroatoms. The molecule has 0 aliphatic rings. The Bertz CT molecular complexity index is 419. The third-order valence-electron chi connectivity index (χ3n) is 3.07. The van der Waals surface area contributed by atoms with Crippen molar-refractivity contribution in [1.29, 1.82) is 0 Å². The number of aryl methyl sites for hydroxylation is 1. The molecular weight excluding hydrogens is 252 g/mol. The third-order valence-corrected chi connectivity index (χ3v) is 3.07. The molecule has 0 amide bonds. The van der Waals surface area contributed by atoms with Gasteiger partial charge < -0.3 is 15.4 Å². The van der Waals surface area contributed by atoms with Crippen LogP contribution in [0.25, 0.3) is 0 Å². The quantitative estimate of drug-likeness (QED) is 0.538. The minimum atomic E-state index is -0.258. The van der Waals surface area contributed by atoms with E-state index in [1.54, 1.807) is 0 Å². The van der Waals surface area contributed by atoms with Gasteiger partial charge in [-0.05, 0) is 43.7 Å². The number of anilines is 1. The summed E-state index contributed by atoms with van der Waals surface area (Å²) in [5, 5.41) is 6.49. The van der Waals surface area contributed by atoms with Crippen LogP contribution in [0.4, 0.5) is 5.69 Å². The Kier molecular flexibility index (Phi) is 7.73. The molecule has 1 aromatic carbocycles. The van der Waals surface area contributed by atoms with Gasteiger partial charge in [-0.2, -0.15) is 0 Å². The maximum absolute atomic E-state index is 11.9. The summed E-state index contributed by atoms with van der Waals surface area (Å²) in [7, 11) is 0. The molecule has 0 spiro atoms. The van der Waals surface area contributed by atoms with Crippen LogP contribution in [0.2, 0.25) is 0 Å². The first-order valence-electron chi connectivity index (χ1n) is 7.41. The van der Waals surface area contributed by atoms with E-state index in [0.717, 1.165) is 30.8 Å². The number of ether oxygens (including phenoxy) is 1. The van der Waals surface area contributed by atoms with E-state index in [0.29, 0.717) is 18.7 Å². The molecule has 0 aliphatic heterocycles. The summed E-state index contributed by atoms with van der Waals surface area (Å²) in [5.74, 6) is -0.258. The van der Waals surface area contributed by atoms with E-state index in [2.05, 4.69) is 17.6 Å². The molecule has 4 nitrogen and oxygen atoms in total. The van der Waals surface area contributed by atoms with E-state index in [1.807, 2.05) is 32.0 Å². The van der Waals surface area contributed by atoms with Gasteiger partial charge in [-0.15, -0.1) is 0 Å². The van der Waals surface area contributed by atoms with Crippen molar-refractivity contribution < 1.29 is 9.53 Å². The average molecular weight is 278 g/mol. The molecule has 0 saturated carbocycles. The lowest BCUT2D eigenvalue weighted by molar-refractivity contribution is 0.0509. The summed E-state index contributed by atoms with van der Waals surface area (Å²) in [6, 6.07) is 5.65. The maximum atomic E-state index is 11.9. The number of esters is 1. The van der Waals surface area contributed by atoms with E-state index in [1.165, 1.54) is 6.42 Å². The van der Waals surface area contributed by atoms with Crippen LogP contribution in [-0.2, 0) is 4.74 Å². The number of hydrogen-bond donors (Lipinski definition) is 2. The minimum absolute atomic E-state index is 0.258. The number of unbranched alkanes of at least 4 members (excludes halogenated alkanes) is 1. The summed E-state index contributed by atoms with van der Waals surface area (Å²) in [6.45, 7) is 9.14. The molecular formula is C16H26N2O2. The Balaban J connectivity index is 2.50. The van der Waals surface area contributed by atoms with Crippen LogP contribution in [0.15, 0.2) is 18.2 Å². The first-order chi connectivity index (χ1) is 9.69. The first kappa shape index (κ1) is 16.5. The van der Waals surface area contributed by atoms with Crippen LogP contribution in [0, 0.1) is 6.92 Å². The highest BCUT2D eigenvalue weighted by atomic mass is 16.5. The van der Waals surface area contributed by atoms with E-state index < -0.39 is 0 Å². The number of carbonyl (C=O) groups excluding carboxylic acids is 1. The van der Waals surface area contributed by atoms with Crippen molar-refractivity contribution in [3.63, 3.8) is 0 Å². The number of likely N-dealkylation sites (N-methyl/N-ethyl adjacent to an activating group) is 1. The van der Waals surface area contributed by atoms with Crippen molar-refractivity contribution in [2.75, 3.05) is 31.6 Å². The van der Waals surface area contributed by atoms with Crippen LogP contribution in [0.5, 0.6) is 0 Å². The van der Waals surface area contributed by atoms with Crippen LogP contribution >= 0.6 is 0 Å². The highest BCUT2D eigenvalue weighted by Crippen LogP contribution is 2.17. The average Bonchev–Trinajstić information content (AvgIpc) is 2.45. The van der Waals surface area contributed by atoms with Gasteiger partial charge in [0.05, 0.1) is 5.56 Å². The van der Waals surface area contributed by atoms with Crippen molar-refractivity contribution in [1.82, 2.24) is 5.32 Å². The summed E-state index contributed by atoms with van der Waals surface area (Å²) < 4.78 is 5.20. The van der Waals surface area contributed by atoms with Gasteiger partial charge in [-0.1, -0.05) is 20.3 Å². The standard InChI is InChI=1S/C16H26N2O2/c1-4-6-9-18-15-8-7-14(12-13(15)3)16(19)20-11-10-17-5-2/h7-8,12,17-18H,4-6,9-11H2,1-3H3. The second-order valence-corrected chi connectivity index (χ2v) is 4.80. The molecule has 0 unspecified atom stereocenters. The largest absolute Gasteiger partial charge is 0.461 e. The van der Waals surface area contributed by atoms with Gasteiger partial charge in [0.15, 0.2) is 0 Å². The highest BCUT2D eigenvalue weighted by molar-refractivity contribution is 5.90. The lowest BCUT2D eigenvalue weighted by Gasteiger charge is -2.11. The second-order valence-electron chi connectivity index (χ2n) is 4.80. The lowest BCUT2D eigenvalue weighted by atomic mass is 10.1. The van der Waals surface area contributed by atoms with E-state index in [9.17, 15) is 4.79 Å². The topological polar surface area (TPSA) is 50.4 Å². The van der Waals surface area contributed by atoms with Gasteiger partial charge >= 0.3 is 5.97 Å². The predicted molar refractivity (Wildman–Crippen MR) is 83.4 cm³/mol. The van der Waals surface area contributed by atoms with Gasteiger partial charge in [0, 0.05) is 18.8 Å². The van der Waals surface area contributed by atoms with Gasteiger partial charge in [-0.25, -0.2) is 4.79 Å². The Morgan fingerprint density at radius 3 is 2.70 bits per heavy atom. The second kappa shape index (κ2) is 9.37. The molecule has 1 rings (SSSR count). The van der Waals surface area contributed by atoms with Crippen molar-refractivity contribution >= 4 is 11.7 Å². The van der Waals surface area contributed by atoms with Gasteiger partial charge in [-0.3, -0.25) is 0 Å². The normalized spacial score (nSPS) is 10.3. The van der Waals surface area contributed by atoms with E-state index >= 15 is 0 Å². The molecule has 0 atom stereocenters.